The van der Waals surface area contributed by atoms with Gasteiger partial charge in [-0.1, -0.05) is 93.8 Å². The second kappa shape index (κ2) is 11.9. The molecule has 1 aliphatic rings. The van der Waals surface area contributed by atoms with Crippen LogP contribution >= 0.6 is 0 Å². The minimum atomic E-state index is 0.0902. The van der Waals surface area contributed by atoms with Crippen molar-refractivity contribution in [3.8, 4) is 0 Å². The van der Waals surface area contributed by atoms with Crippen LogP contribution in [-0.2, 0) is 5.41 Å². The Morgan fingerprint density at radius 2 is 0.975 bits per heavy atom. The molecule has 0 radical (unpaired) electrons. The highest BCUT2D eigenvalue weighted by molar-refractivity contribution is 5.50. The van der Waals surface area contributed by atoms with E-state index in [1.807, 2.05) is 12.1 Å². The summed E-state index contributed by atoms with van der Waals surface area (Å²) < 4.78 is 0. The Balaban J connectivity index is 1.47. The topological polar surface area (TPSA) is 52.0 Å². The van der Waals surface area contributed by atoms with Crippen LogP contribution in [0, 0.1) is 13.8 Å². The largest absolute Gasteiger partial charge is 0.399 e. The maximum absolute atomic E-state index is 6.05. The number of aryl methyl sites for hydroxylation is 2. The summed E-state index contributed by atoms with van der Waals surface area (Å²) >= 11 is 0. The van der Waals surface area contributed by atoms with Gasteiger partial charge in [-0.05, 0) is 108 Å². The fourth-order valence-electron chi connectivity index (χ4n) is 7.42. The number of benzene rings is 4. The summed E-state index contributed by atoms with van der Waals surface area (Å²) in [6.07, 6.45) is 8.48. The zero-order chi connectivity index (χ0) is 28.3. The summed E-state index contributed by atoms with van der Waals surface area (Å²) in [7, 11) is 0. The molecular weight excluding hydrogens is 484 g/mol. The Labute approximate surface area is 241 Å². The van der Waals surface area contributed by atoms with Crippen molar-refractivity contribution in [1.82, 2.24) is 0 Å². The predicted molar refractivity (Wildman–Crippen MR) is 172 cm³/mol. The molecule has 0 bridgehead atoms. The van der Waals surface area contributed by atoms with Crippen molar-refractivity contribution in [2.24, 2.45) is 0 Å². The summed E-state index contributed by atoms with van der Waals surface area (Å²) in [5.41, 5.74) is 24.9. The van der Waals surface area contributed by atoms with Gasteiger partial charge in [0.25, 0.3) is 0 Å². The van der Waals surface area contributed by atoms with E-state index in [-0.39, 0.29) is 5.41 Å². The van der Waals surface area contributed by atoms with Crippen molar-refractivity contribution in [2.75, 3.05) is 11.5 Å². The quantitative estimate of drug-likeness (QED) is 0.223. The molecule has 208 valence electrons. The standard InChI is InChI=1S/C38H46N2/c1-5-34(36-20-18-32(39)24-26(36)3)28-10-14-30(15-11-28)38(22-8-7-9-23-38)31-16-12-29(13-17-31)35(6-2)37-21-19-33(40)25-27(37)4/h10-21,24-25,34-35H,5-9,22-23,39-40H2,1-4H3. The fraction of sp³-hybridized carbons (Fsp3) is 0.368. The normalized spacial score (nSPS) is 16.4. The molecule has 4 aromatic rings. The second-order valence-corrected chi connectivity index (χ2v) is 12.0. The molecule has 2 heteroatoms. The van der Waals surface area contributed by atoms with Gasteiger partial charge in [-0.3, -0.25) is 0 Å². The van der Waals surface area contributed by atoms with Crippen LogP contribution in [0.2, 0.25) is 0 Å². The number of hydrogen-bond acceptors (Lipinski definition) is 2. The molecule has 1 saturated carbocycles. The van der Waals surface area contributed by atoms with Gasteiger partial charge in [0.15, 0.2) is 0 Å². The molecular formula is C38H46N2. The molecule has 1 fully saturated rings. The van der Waals surface area contributed by atoms with Crippen LogP contribution in [-0.4, -0.2) is 0 Å². The SMILES string of the molecule is CCC(c1ccc(C2(c3ccc(C(CC)c4ccc(N)cc4C)cc3)CCCCC2)cc1)c1ccc(N)cc1C. The Morgan fingerprint density at radius 3 is 1.32 bits per heavy atom. The molecule has 40 heavy (non-hydrogen) atoms. The summed E-state index contributed by atoms with van der Waals surface area (Å²) in [4.78, 5) is 0. The number of rotatable bonds is 8. The van der Waals surface area contributed by atoms with Gasteiger partial charge < -0.3 is 11.5 Å². The molecule has 0 aromatic heterocycles. The van der Waals surface area contributed by atoms with E-state index >= 15 is 0 Å². The molecule has 4 aromatic carbocycles. The van der Waals surface area contributed by atoms with Crippen molar-refractivity contribution in [1.29, 1.82) is 0 Å². The van der Waals surface area contributed by atoms with E-state index in [4.69, 9.17) is 11.5 Å². The van der Waals surface area contributed by atoms with Gasteiger partial charge in [0.1, 0.15) is 0 Å². The molecule has 2 atom stereocenters. The van der Waals surface area contributed by atoms with E-state index in [0.717, 1.165) is 24.2 Å². The Kier molecular flexibility index (Phi) is 8.35. The molecule has 5 rings (SSSR count). The lowest BCUT2D eigenvalue weighted by atomic mass is 9.65. The van der Waals surface area contributed by atoms with Gasteiger partial charge in [0.2, 0.25) is 0 Å². The summed E-state index contributed by atoms with van der Waals surface area (Å²) in [5.74, 6) is 0.776. The lowest BCUT2D eigenvalue weighted by molar-refractivity contribution is 0.346. The zero-order valence-corrected chi connectivity index (χ0v) is 24.8. The highest BCUT2D eigenvalue weighted by atomic mass is 14.5. The lowest BCUT2D eigenvalue weighted by Crippen LogP contribution is -2.30. The van der Waals surface area contributed by atoms with Crippen LogP contribution in [0.1, 0.15) is 115 Å². The van der Waals surface area contributed by atoms with Crippen LogP contribution in [0.15, 0.2) is 84.9 Å². The summed E-state index contributed by atoms with van der Waals surface area (Å²) in [6, 6.07) is 32.0. The van der Waals surface area contributed by atoms with E-state index in [9.17, 15) is 0 Å². The maximum Gasteiger partial charge on any atom is 0.0316 e. The lowest BCUT2D eigenvalue weighted by Gasteiger charge is -2.39. The fourth-order valence-corrected chi connectivity index (χ4v) is 7.42. The number of nitrogens with two attached hydrogens (primary N) is 2. The number of nitrogen functional groups attached to an aromatic ring is 2. The molecule has 2 unspecified atom stereocenters. The third-order valence-corrected chi connectivity index (χ3v) is 9.59. The molecule has 4 N–H and O–H groups in total. The van der Waals surface area contributed by atoms with Crippen molar-refractivity contribution in [2.45, 2.75) is 89.9 Å². The maximum atomic E-state index is 6.05. The van der Waals surface area contributed by atoms with Gasteiger partial charge in [-0.25, -0.2) is 0 Å². The van der Waals surface area contributed by atoms with Crippen molar-refractivity contribution in [3.05, 3.63) is 129 Å². The van der Waals surface area contributed by atoms with Crippen LogP contribution in [0.25, 0.3) is 0 Å². The van der Waals surface area contributed by atoms with Gasteiger partial charge in [0, 0.05) is 28.6 Å². The average Bonchev–Trinajstić information content (AvgIpc) is 2.97. The first-order chi connectivity index (χ1) is 19.4. The minimum absolute atomic E-state index is 0.0902. The molecule has 0 saturated heterocycles. The first kappa shape index (κ1) is 28.0. The highest BCUT2D eigenvalue weighted by Gasteiger charge is 2.36. The molecule has 0 amide bonds. The Bertz CT molecular complexity index is 1320. The Hall–Kier alpha value is -3.52. The molecule has 0 aliphatic heterocycles. The van der Waals surface area contributed by atoms with Gasteiger partial charge >= 0.3 is 0 Å². The van der Waals surface area contributed by atoms with Crippen LogP contribution in [0.3, 0.4) is 0 Å². The van der Waals surface area contributed by atoms with E-state index in [2.05, 4.69) is 100 Å². The van der Waals surface area contributed by atoms with Crippen molar-refractivity contribution >= 4 is 11.4 Å². The van der Waals surface area contributed by atoms with E-state index in [1.54, 1.807) is 0 Å². The average molecular weight is 531 g/mol. The number of hydrogen-bond donors (Lipinski definition) is 2. The van der Waals surface area contributed by atoms with Crippen LogP contribution < -0.4 is 11.5 Å². The zero-order valence-electron chi connectivity index (χ0n) is 24.8. The van der Waals surface area contributed by atoms with Crippen LogP contribution in [0.4, 0.5) is 11.4 Å². The monoisotopic (exact) mass is 530 g/mol. The molecule has 0 heterocycles. The first-order valence-corrected chi connectivity index (χ1v) is 15.3. The van der Waals surface area contributed by atoms with Gasteiger partial charge in [0.05, 0.1) is 0 Å². The highest BCUT2D eigenvalue weighted by Crippen LogP contribution is 2.46. The molecule has 1 aliphatic carbocycles. The summed E-state index contributed by atoms with van der Waals surface area (Å²) in [5, 5.41) is 0. The summed E-state index contributed by atoms with van der Waals surface area (Å²) in [6.45, 7) is 8.93. The van der Waals surface area contributed by atoms with E-state index in [1.165, 1.54) is 76.6 Å². The smallest absolute Gasteiger partial charge is 0.0316 e. The number of anilines is 2. The van der Waals surface area contributed by atoms with Crippen LogP contribution in [0.5, 0.6) is 0 Å². The minimum Gasteiger partial charge on any atom is -0.399 e. The Morgan fingerprint density at radius 1 is 0.575 bits per heavy atom. The first-order valence-electron chi connectivity index (χ1n) is 15.3. The third-order valence-electron chi connectivity index (χ3n) is 9.59. The van der Waals surface area contributed by atoms with E-state index in [0.29, 0.717) is 11.8 Å². The van der Waals surface area contributed by atoms with Gasteiger partial charge in [-0.15, -0.1) is 0 Å². The van der Waals surface area contributed by atoms with Crippen molar-refractivity contribution < 1.29 is 0 Å². The van der Waals surface area contributed by atoms with Crippen molar-refractivity contribution in [3.63, 3.8) is 0 Å². The van der Waals surface area contributed by atoms with E-state index < -0.39 is 0 Å². The predicted octanol–water partition coefficient (Wildman–Crippen LogP) is 9.80. The third kappa shape index (κ3) is 5.42. The second-order valence-electron chi connectivity index (χ2n) is 12.0. The van der Waals surface area contributed by atoms with Gasteiger partial charge in [-0.2, -0.15) is 0 Å². The molecule has 0 spiro atoms. The molecule has 2 nitrogen and oxygen atoms in total.